The summed E-state index contributed by atoms with van der Waals surface area (Å²) in [6.45, 7) is 5.43. The number of hydrogen-bond acceptors (Lipinski definition) is 3. The third kappa shape index (κ3) is 4.58. The van der Waals surface area contributed by atoms with Gasteiger partial charge < -0.3 is 16.0 Å². The minimum absolute atomic E-state index is 0.183. The molecule has 0 radical (unpaired) electrons. The Kier molecular flexibility index (Phi) is 4.90. The van der Waals surface area contributed by atoms with Gasteiger partial charge in [-0.2, -0.15) is 0 Å². The fourth-order valence-corrected chi connectivity index (χ4v) is 1.40. The number of rotatable bonds is 7. The molecule has 0 aromatic rings. The van der Waals surface area contributed by atoms with Crippen molar-refractivity contribution in [1.82, 2.24) is 10.2 Å². The molecule has 4 heteroatoms. The lowest BCUT2D eigenvalue weighted by Crippen LogP contribution is -2.34. The van der Waals surface area contributed by atoms with Gasteiger partial charge in [0.15, 0.2) is 0 Å². The highest BCUT2D eigenvalue weighted by Gasteiger charge is 2.22. The van der Waals surface area contributed by atoms with Crippen LogP contribution in [0.1, 0.15) is 26.2 Å². The third-order valence-electron chi connectivity index (χ3n) is 2.49. The molecule has 0 atom stereocenters. The Hall–Kier alpha value is -0.610. The standard InChI is InChI=1S/C10H21N3O/c1-2-13(8-6-11)7-5-10(14)12-9-3-4-9/h9H,2-8,11H2,1H3,(H,12,14). The van der Waals surface area contributed by atoms with Gasteiger partial charge in [-0.15, -0.1) is 0 Å². The molecule has 0 aromatic carbocycles. The second kappa shape index (κ2) is 5.98. The fraction of sp³-hybridized carbons (Fsp3) is 0.900. The quantitative estimate of drug-likeness (QED) is 0.604. The highest BCUT2D eigenvalue weighted by molar-refractivity contribution is 5.76. The predicted octanol–water partition coefficient (Wildman–Crippen LogP) is -0.0643. The first-order valence-electron chi connectivity index (χ1n) is 5.48. The first-order valence-corrected chi connectivity index (χ1v) is 5.48. The zero-order valence-corrected chi connectivity index (χ0v) is 8.96. The maximum atomic E-state index is 11.3. The van der Waals surface area contributed by atoms with E-state index in [0.717, 1.165) is 32.5 Å². The van der Waals surface area contributed by atoms with Crippen LogP contribution < -0.4 is 11.1 Å². The summed E-state index contributed by atoms with van der Waals surface area (Å²) in [5.41, 5.74) is 5.46. The lowest BCUT2D eigenvalue weighted by Gasteiger charge is -2.18. The molecule has 1 rings (SSSR count). The van der Waals surface area contributed by atoms with Gasteiger partial charge in [0.2, 0.25) is 5.91 Å². The Bertz CT molecular complexity index is 180. The molecule has 4 nitrogen and oxygen atoms in total. The number of nitrogens with two attached hydrogens (primary N) is 1. The smallest absolute Gasteiger partial charge is 0.221 e. The topological polar surface area (TPSA) is 58.4 Å². The number of amides is 1. The number of nitrogens with one attached hydrogen (secondary N) is 1. The van der Waals surface area contributed by atoms with Gasteiger partial charge in [-0.3, -0.25) is 4.79 Å². The molecule has 14 heavy (non-hydrogen) atoms. The van der Waals surface area contributed by atoms with E-state index in [0.29, 0.717) is 19.0 Å². The van der Waals surface area contributed by atoms with Gasteiger partial charge in [0, 0.05) is 32.1 Å². The van der Waals surface area contributed by atoms with E-state index in [1.807, 2.05) is 0 Å². The molecule has 1 saturated carbocycles. The molecule has 1 aliphatic rings. The van der Waals surface area contributed by atoms with E-state index in [9.17, 15) is 4.79 Å². The molecule has 82 valence electrons. The van der Waals surface area contributed by atoms with Crippen LogP contribution in [-0.2, 0) is 4.79 Å². The molecule has 0 bridgehead atoms. The summed E-state index contributed by atoms with van der Waals surface area (Å²) in [5, 5.41) is 2.98. The molecule has 3 N–H and O–H groups in total. The highest BCUT2D eigenvalue weighted by Crippen LogP contribution is 2.18. The number of nitrogens with zero attached hydrogens (tertiary/aromatic N) is 1. The van der Waals surface area contributed by atoms with Crippen LogP contribution in [0.5, 0.6) is 0 Å². The van der Waals surface area contributed by atoms with Crippen molar-refractivity contribution in [3.05, 3.63) is 0 Å². The number of carbonyl (C=O) groups excluding carboxylic acids is 1. The second-order valence-electron chi connectivity index (χ2n) is 3.81. The Morgan fingerprint density at radius 3 is 2.71 bits per heavy atom. The van der Waals surface area contributed by atoms with Crippen LogP contribution in [-0.4, -0.2) is 43.0 Å². The summed E-state index contributed by atoms with van der Waals surface area (Å²) in [5.74, 6) is 0.183. The maximum absolute atomic E-state index is 11.3. The molecule has 0 saturated heterocycles. The fourth-order valence-electron chi connectivity index (χ4n) is 1.40. The van der Waals surface area contributed by atoms with Crippen LogP contribution in [0.15, 0.2) is 0 Å². The molecule has 0 heterocycles. The maximum Gasteiger partial charge on any atom is 0.221 e. The average molecular weight is 199 g/mol. The van der Waals surface area contributed by atoms with E-state index < -0.39 is 0 Å². The Balaban J connectivity index is 2.06. The van der Waals surface area contributed by atoms with Gasteiger partial charge in [0.25, 0.3) is 0 Å². The van der Waals surface area contributed by atoms with Crippen molar-refractivity contribution in [1.29, 1.82) is 0 Å². The monoisotopic (exact) mass is 199 g/mol. The van der Waals surface area contributed by atoms with Crippen LogP contribution >= 0.6 is 0 Å². The van der Waals surface area contributed by atoms with Gasteiger partial charge >= 0.3 is 0 Å². The Labute approximate surface area is 85.8 Å². The van der Waals surface area contributed by atoms with Gasteiger partial charge in [0.05, 0.1) is 0 Å². The lowest BCUT2D eigenvalue weighted by molar-refractivity contribution is -0.121. The molecule has 0 spiro atoms. The predicted molar refractivity (Wildman–Crippen MR) is 57.0 cm³/mol. The summed E-state index contributed by atoms with van der Waals surface area (Å²) in [6.07, 6.45) is 2.92. The van der Waals surface area contributed by atoms with E-state index in [1.165, 1.54) is 0 Å². The molecule has 1 aliphatic carbocycles. The van der Waals surface area contributed by atoms with Gasteiger partial charge in [0.1, 0.15) is 0 Å². The summed E-state index contributed by atoms with van der Waals surface area (Å²) in [7, 11) is 0. The van der Waals surface area contributed by atoms with E-state index in [2.05, 4.69) is 17.1 Å². The van der Waals surface area contributed by atoms with Crippen molar-refractivity contribution < 1.29 is 4.79 Å². The van der Waals surface area contributed by atoms with Crippen LogP contribution in [0.25, 0.3) is 0 Å². The van der Waals surface area contributed by atoms with E-state index in [1.54, 1.807) is 0 Å². The van der Waals surface area contributed by atoms with E-state index in [4.69, 9.17) is 5.73 Å². The summed E-state index contributed by atoms with van der Waals surface area (Å²) >= 11 is 0. The highest BCUT2D eigenvalue weighted by atomic mass is 16.1. The Morgan fingerprint density at radius 1 is 1.50 bits per heavy atom. The van der Waals surface area contributed by atoms with Crippen molar-refractivity contribution in [2.24, 2.45) is 5.73 Å². The van der Waals surface area contributed by atoms with Gasteiger partial charge in [-0.1, -0.05) is 6.92 Å². The molecule has 1 fully saturated rings. The van der Waals surface area contributed by atoms with Crippen molar-refractivity contribution >= 4 is 5.91 Å². The molecular formula is C10H21N3O. The van der Waals surface area contributed by atoms with Crippen LogP contribution in [0.4, 0.5) is 0 Å². The zero-order chi connectivity index (χ0) is 10.4. The van der Waals surface area contributed by atoms with E-state index in [-0.39, 0.29) is 5.91 Å². The normalized spacial score (nSPS) is 15.9. The molecule has 0 aromatic heterocycles. The average Bonchev–Trinajstić information content (AvgIpc) is 2.96. The number of likely N-dealkylation sites (N-methyl/N-ethyl adjacent to an activating group) is 1. The summed E-state index contributed by atoms with van der Waals surface area (Å²) in [6, 6.07) is 0.479. The summed E-state index contributed by atoms with van der Waals surface area (Å²) < 4.78 is 0. The Morgan fingerprint density at radius 2 is 2.21 bits per heavy atom. The minimum Gasteiger partial charge on any atom is -0.353 e. The van der Waals surface area contributed by atoms with Crippen LogP contribution in [0.3, 0.4) is 0 Å². The molecule has 0 unspecified atom stereocenters. The van der Waals surface area contributed by atoms with Crippen molar-refractivity contribution in [3.8, 4) is 0 Å². The third-order valence-corrected chi connectivity index (χ3v) is 2.49. The lowest BCUT2D eigenvalue weighted by atomic mass is 10.3. The van der Waals surface area contributed by atoms with Crippen LogP contribution in [0, 0.1) is 0 Å². The second-order valence-corrected chi connectivity index (χ2v) is 3.81. The first kappa shape index (κ1) is 11.5. The van der Waals surface area contributed by atoms with Crippen molar-refractivity contribution in [2.75, 3.05) is 26.2 Å². The first-order chi connectivity index (χ1) is 6.76. The van der Waals surface area contributed by atoms with Gasteiger partial charge in [-0.25, -0.2) is 0 Å². The molecular weight excluding hydrogens is 178 g/mol. The molecule has 1 amide bonds. The molecule has 0 aliphatic heterocycles. The minimum atomic E-state index is 0.183. The number of carbonyl (C=O) groups is 1. The van der Waals surface area contributed by atoms with Crippen molar-refractivity contribution in [2.45, 2.75) is 32.2 Å². The number of hydrogen-bond donors (Lipinski definition) is 2. The SMILES string of the molecule is CCN(CCN)CCC(=O)NC1CC1. The van der Waals surface area contributed by atoms with E-state index >= 15 is 0 Å². The largest absolute Gasteiger partial charge is 0.353 e. The zero-order valence-electron chi connectivity index (χ0n) is 8.96. The van der Waals surface area contributed by atoms with Crippen LogP contribution in [0.2, 0.25) is 0 Å². The van der Waals surface area contributed by atoms with Gasteiger partial charge in [-0.05, 0) is 19.4 Å². The van der Waals surface area contributed by atoms with Crippen molar-refractivity contribution in [3.63, 3.8) is 0 Å². The summed E-state index contributed by atoms with van der Waals surface area (Å²) in [4.78, 5) is 13.5.